The maximum Gasteiger partial charge on any atom is 0.414 e. The molecular weight excluding hydrogens is 298 g/mol. The summed E-state index contributed by atoms with van der Waals surface area (Å²) in [7, 11) is 1.58. The Morgan fingerprint density at radius 1 is 1.26 bits per heavy atom. The van der Waals surface area contributed by atoms with Crippen molar-refractivity contribution in [1.29, 1.82) is 0 Å². The zero-order valence-corrected chi connectivity index (χ0v) is 12.9. The topological polar surface area (TPSA) is 65.1 Å². The Hall–Kier alpha value is -2.60. The number of esters is 1. The maximum absolute atomic E-state index is 12.0. The lowest BCUT2D eigenvalue weighted by Gasteiger charge is -2.14. The first kappa shape index (κ1) is 15.3. The van der Waals surface area contributed by atoms with Crippen LogP contribution in [0.15, 0.2) is 36.4 Å². The quantitative estimate of drug-likeness (QED) is 0.641. The number of amides is 1. The monoisotopic (exact) mass is 315 g/mol. The van der Waals surface area contributed by atoms with Crippen molar-refractivity contribution in [2.75, 3.05) is 25.2 Å². The summed E-state index contributed by atoms with van der Waals surface area (Å²) in [6.45, 7) is 2.20. The Morgan fingerprint density at radius 3 is 2.74 bits per heavy atom. The number of cyclic esters (lactones) is 1. The van der Waals surface area contributed by atoms with Gasteiger partial charge in [-0.05, 0) is 35.0 Å². The first-order valence-electron chi connectivity index (χ1n) is 7.26. The van der Waals surface area contributed by atoms with Gasteiger partial charge >= 0.3 is 12.1 Å². The zero-order chi connectivity index (χ0) is 16.4. The van der Waals surface area contributed by atoms with Crippen LogP contribution in [0.2, 0.25) is 0 Å². The Morgan fingerprint density at radius 2 is 2.00 bits per heavy atom. The average molecular weight is 315 g/mol. The van der Waals surface area contributed by atoms with Gasteiger partial charge in [-0.25, -0.2) is 4.79 Å². The Bertz CT molecular complexity index is 758. The van der Waals surface area contributed by atoms with Crippen molar-refractivity contribution in [1.82, 2.24) is 0 Å². The van der Waals surface area contributed by atoms with Crippen molar-refractivity contribution in [3.05, 3.63) is 36.4 Å². The van der Waals surface area contributed by atoms with Crippen molar-refractivity contribution in [3.63, 3.8) is 0 Å². The molecule has 1 atom stereocenters. The highest BCUT2D eigenvalue weighted by atomic mass is 16.6. The number of ether oxygens (including phenoxy) is 3. The normalized spacial score (nSPS) is 17.4. The molecule has 0 radical (unpaired) electrons. The van der Waals surface area contributed by atoms with E-state index in [1.54, 1.807) is 24.1 Å². The number of hydrogen-bond donors (Lipinski definition) is 0. The third-order valence-electron chi connectivity index (χ3n) is 3.60. The number of methoxy groups -OCH3 is 1. The summed E-state index contributed by atoms with van der Waals surface area (Å²) in [5, 5.41) is 1.87. The molecule has 3 rings (SSSR count). The molecule has 6 heteroatoms. The van der Waals surface area contributed by atoms with E-state index < -0.39 is 0 Å². The molecule has 0 aliphatic carbocycles. The second kappa shape index (κ2) is 6.26. The van der Waals surface area contributed by atoms with Gasteiger partial charge in [-0.15, -0.1) is 0 Å². The largest absolute Gasteiger partial charge is 0.441 e. The van der Waals surface area contributed by atoms with Crippen molar-refractivity contribution < 1.29 is 23.8 Å². The van der Waals surface area contributed by atoms with Crippen LogP contribution in [0, 0.1) is 0 Å². The molecule has 6 nitrogen and oxygen atoms in total. The molecule has 1 heterocycles. The number of carbonyl (C=O) groups is 2. The van der Waals surface area contributed by atoms with Gasteiger partial charge in [0.25, 0.3) is 0 Å². The molecule has 1 aliphatic heterocycles. The predicted octanol–water partition coefficient (Wildman–Crippen LogP) is 2.74. The molecule has 120 valence electrons. The smallest absolute Gasteiger partial charge is 0.414 e. The molecular formula is C17H17NO5. The van der Waals surface area contributed by atoms with Gasteiger partial charge in [-0.2, -0.15) is 0 Å². The van der Waals surface area contributed by atoms with Crippen LogP contribution in [0.3, 0.4) is 0 Å². The minimum Gasteiger partial charge on any atom is -0.441 e. The molecule has 23 heavy (non-hydrogen) atoms. The van der Waals surface area contributed by atoms with Gasteiger partial charge in [0.15, 0.2) is 0 Å². The first-order valence-corrected chi connectivity index (χ1v) is 7.26. The van der Waals surface area contributed by atoms with E-state index in [4.69, 9.17) is 14.2 Å². The van der Waals surface area contributed by atoms with E-state index in [9.17, 15) is 9.59 Å². The van der Waals surface area contributed by atoms with Crippen molar-refractivity contribution >= 4 is 28.5 Å². The van der Waals surface area contributed by atoms with E-state index in [1.165, 1.54) is 6.92 Å². The maximum atomic E-state index is 12.0. The lowest BCUT2D eigenvalue weighted by Crippen LogP contribution is -2.25. The number of carbonyl (C=O) groups excluding carboxylic acids is 2. The number of hydrogen-bond acceptors (Lipinski definition) is 5. The van der Waals surface area contributed by atoms with Crippen molar-refractivity contribution in [2.24, 2.45) is 0 Å². The fraction of sp³-hybridized carbons (Fsp3) is 0.294. The molecule has 0 aromatic heterocycles. The van der Waals surface area contributed by atoms with Crippen LogP contribution in [0.4, 0.5) is 10.5 Å². The molecule has 0 saturated carbocycles. The third kappa shape index (κ3) is 3.27. The summed E-state index contributed by atoms with van der Waals surface area (Å²) >= 11 is 0. The molecule has 1 unspecified atom stereocenters. The standard InChI is InChI=1S/C17H17NO5/c1-11(19)22-15-6-4-12-7-14(5-3-13(12)8-15)18-9-16(10-21-2)23-17(18)20/h3-8,16H,9-10H2,1-2H3. The van der Waals surface area contributed by atoms with E-state index in [0.717, 1.165) is 16.5 Å². The summed E-state index contributed by atoms with van der Waals surface area (Å²) in [4.78, 5) is 24.6. The molecule has 1 fully saturated rings. The molecule has 0 N–H and O–H groups in total. The average Bonchev–Trinajstić information content (AvgIpc) is 2.87. The van der Waals surface area contributed by atoms with Gasteiger partial charge in [0.1, 0.15) is 11.9 Å². The fourth-order valence-corrected chi connectivity index (χ4v) is 2.61. The van der Waals surface area contributed by atoms with Crippen LogP contribution in [0.1, 0.15) is 6.92 Å². The van der Waals surface area contributed by atoms with E-state index in [2.05, 4.69) is 0 Å². The van der Waals surface area contributed by atoms with E-state index in [0.29, 0.717) is 18.9 Å². The summed E-state index contributed by atoms with van der Waals surface area (Å²) in [6.07, 6.45) is -0.627. The van der Waals surface area contributed by atoms with E-state index in [1.807, 2.05) is 24.3 Å². The highest BCUT2D eigenvalue weighted by Crippen LogP contribution is 2.28. The molecule has 1 saturated heterocycles. The second-order valence-corrected chi connectivity index (χ2v) is 5.36. The van der Waals surface area contributed by atoms with Crippen LogP contribution in [0.25, 0.3) is 10.8 Å². The SMILES string of the molecule is COCC1CN(c2ccc3cc(OC(C)=O)ccc3c2)C(=O)O1. The Balaban J connectivity index is 1.86. The number of benzene rings is 2. The van der Waals surface area contributed by atoms with Gasteiger partial charge in [-0.3, -0.25) is 9.69 Å². The van der Waals surface area contributed by atoms with Gasteiger partial charge in [0, 0.05) is 19.7 Å². The van der Waals surface area contributed by atoms with Gasteiger partial charge in [-0.1, -0.05) is 12.1 Å². The lowest BCUT2D eigenvalue weighted by molar-refractivity contribution is -0.131. The minimum absolute atomic E-state index is 0.255. The van der Waals surface area contributed by atoms with Crippen LogP contribution >= 0.6 is 0 Å². The molecule has 2 aromatic carbocycles. The molecule has 0 spiro atoms. The molecule has 1 amide bonds. The molecule has 0 bridgehead atoms. The van der Waals surface area contributed by atoms with Gasteiger partial charge in [0.2, 0.25) is 0 Å². The summed E-state index contributed by atoms with van der Waals surface area (Å²) in [5.41, 5.74) is 0.765. The summed E-state index contributed by atoms with van der Waals surface area (Å²) in [5.74, 6) is 0.142. The van der Waals surface area contributed by atoms with E-state index >= 15 is 0 Å². The predicted molar refractivity (Wildman–Crippen MR) is 84.7 cm³/mol. The Labute approximate surface area is 133 Å². The van der Waals surface area contributed by atoms with E-state index in [-0.39, 0.29) is 18.2 Å². The first-order chi connectivity index (χ1) is 11.1. The summed E-state index contributed by atoms with van der Waals surface area (Å²) in [6, 6.07) is 11.0. The highest BCUT2D eigenvalue weighted by molar-refractivity contribution is 5.94. The fourth-order valence-electron chi connectivity index (χ4n) is 2.61. The van der Waals surface area contributed by atoms with Crippen LogP contribution in [-0.2, 0) is 14.3 Å². The van der Waals surface area contributed by atoms with Crippen LogP contribution in [0.5, 0.6) is 5.75 Å². The number of rotatable bonds is 4. The summed E-state index contributed by atoms with van der Waals surface area (Å²) < 4.78 is 15.3. The second-order valence-electron chi connectivity index (χ2n) is 5.36. The van der Waals surface area contributed by atoms with Gasteiger partial charge in [0.05, 0.1) is 13.2 Å². The zero-order valence-electron chi connectivity index (χ0n) is 12.9. The molecule has 2 aromatic rings. The lowest BCUT2D eigenvalue weighted by atomic mass is 10.1. The van der Waals surface area contributed by atoms with Crippen molar-refractivity contribution in [2.45, 2.75) is 13.0 Å². The highest BCUT2D eigenvalue weighted by Gasteiger charge is 2.32. The minimum atomic E-state index is -0.372. The van der Waals surface area contributed by atoms with Crippen LogP contribution in [-0.4, -0.2) is 38.4 Å². The number of fused-ring (bicyclic) bond motifs is 1. The number of nitrogens with zero attached hydrogens (tertiary/aromatic N) is 1. The Kier molecular flexibility index (Phi) is 4.16. The van der Waals surface area contributed by atoms with Crippen molar-refractivity contribution in [3.8, 4) is 5.75 Å². The number of anilines is 1. The molecule has 1 aliphatic rings. The van der Waals surface area contributed by atoms with Crippen LogP contribution < -0.4 is 9.64 Å². The van der Waals surface area contributed by atoms with Gasteiger partial charge < -0.3 is 14.2 Å². The third-order valence-corrected chi connectivity index (χ3v) is 3.60.